The molecule has 1 amide bonds. The lowest BCUT2D eigenvalue weighted by Gasteiger charge is -2.24. The Balaban J connectivity index is 2.53. The summed E-state index contributed by atoms with van der Waals surface area (Å²) in [6, 6.07) is 0. The van der Waals surface area contributed by atoms with Crippen LogP contribution in [-0.4, -0.2) is 77.4 Å². The fourth-order valence-corrected chi connectivity index (χ4v) is 2.86. The molecule has 1 aliphatic heterocycles. The Bertz CT molecular complexity index is 882. The summed E-state index contributed by atoms with van der Waals surface area (Å²) in [5, 5.41) is 9.18. The summed E-state index contributed by atoms with van der Waals surface area (Å²) in [4.78, 5) is 50.4. The number of rotatable bonds is 8. The minimum Gasteiger partial charge on any atom is -0.463 e. The van der Waals surface area contributed by atoms with Gasteiger partial charge in [-0.25, -0.2) is 4.98 Å². The second-order valence-electron chi connectivity index (χ2n) is 6.74. The molecule has 1 fully saturated rings. The van der Waals surface area contributed by atoms with Crippen molar-refractivity contribution in [2.24, 2.45) is 16.1 Å². The molecule has 170 valence electrons. The zero-order chi connectivity index (χ0) is 23.3. The van der Waals surface area contributed by atoms with Crippen molar-refractivity contribution >= 4 is 29.6 Å². The quantitative estimate of drug-likeness (QED) is 0.248. The fraction of sp³-hybridized carbons (Fsp3) is 0.588. The van der Waals surface area contributed by atoms with Crippen LogP contribution in [0.2, 0.25) is 0 Å². The largest absolute Gasteiger partial charge is 0.463 e. The molecule has 2 N–H and O–H groups in total. The molecular formula is C17H24N6O8. The number of carbonyl (C=O) groups is 4. The van der Waals surface area contributed by atoms with E-state index >= 15 is 0 Å². The topological polar surface area (TPSA) is 177 Å². The van der Waals surface area contributed by atoms with E-state index < -0.39 is 48.4 Å². The van der Waals surface area contributed by atoms with Crippen LogP contribution in [0.4, 0.5) is 5.82 Å². The maximum atomic E-state index is 11.8. The molecule has 1 aromatic rings. The summed E-state index contributed by atoms with van der Waals surface area (Å²) in [5.41, 5.74) is 5.16. The minimum atomic E-state index is -1.18. The zero-order valence-corrected chi connectivity index (χ0v) is 17.7. The van der Waals surface area contributed by atoms with Crippen LogP contribution in [0.3, 0.4) is 0 Å². The number of imidazole rings is 1. The highest BCUT2D eigenvalue weighted by Crippen LogP contribution is 2.37. The Labute approximate surface area is 177 Å². The van der Waals surface area contributed by atoms with Crippen LogP contribution in [0, 0.1) is 0 Å². The minimum absolute atomic E-state index is 0.0712. The van der Waals surface area contributed by atoms with Gasteiger partial charge in [-0.15, -0.1) is 5.11 Å². The van der Waals surface area contributed by atoms with Gasteiger partial charge in [0.1, 0.15) is 12.7 Å². The lowest BCUT2D eigenvalue weighted by Crippen LogP contribution is -2.40. The number of aromatic nitrogens is 2. The number of hydrogen-bond donors (Lipinski definition) is 1. The molecule has 0 aliphatic carbocycles. The second-order valence-corrected chi connectivity index (χ2v) is 6.74. The van der Waals surface area contributed by atoms with Crippen LogP contribution in [0.5, 0.6) is 0 Å². The third-order valence-electron chi connectivity index (χ3n) is 3.93. The van der Waals surface area contributed by atoms with Crippen molar-refractivity contribution < 1.29 is 38.1 Å². The zero-order valence-electron chi connectivity index (χ0n) is 17.7. The summed E-state index contributed by atoms with van der Waals surface area (Å²) >= 11 is 0. The van der Waals surface area contributed by atoms with Crippen LogP contribution in [0.1, 0.15) is 37.5 Å². The van der Waals surface area contributed by atoms with Gasteiger partial charge in [0.05, 0.1) is 6.33 Å². The summed E-state index contributed by atoms with van der Waals surface area (Å²) in [7, 11) is 3.21. The van der Waals surface area contributed by atoms with E-state index in [1.165, 1.54) is 29.8 Å². The predicted octanol–water partition coefficient (Wildman–Crippen LogP) is -0.134. The standard InChI is InChI=1S/C17H24N6O8/c1-8(24)28-6-11-13(29-9(2)25)14(30-10(3)26)17(31-11)23-7-19-12(15(18)27)16(23)20-21-22(4)5/h7,11,13-14,17H,6H2,1-5H3,(H2,18,27)/b21-20+/t11-,13-,14-,17-/m1/s1. The lowest BCUT2D eigenvalue weighted by atomic mass is 10.1. The summed E-state index contributed by atoms with van der Waals surface area (Å²) in [6.07, 6.45) is -3.23. The van der Waals surface area contributed by atoms with Crippen molar-refractivity contribution in [2.45, 2.75) is 45.3 Å². The number of esters is 3. The van der Waals surface area contributed by atoms with Gasteiger partial charge in [-0.3, -0.25) is 28.8 Å². The molecular weight excluding hydrogens is 416 g/mol. The van der Waals surface area contributed by atoms with Crippen molar-refractivity contribution in [1.29, 1.82) is 0 Å². The second kappa shape index (κ2) is 9.97. The van der Waals surface area contributed by atoms with Gasteiger partial charge in [-0.2, -0.15) is 0 Å². The van der Waals surface area contributed by atoms with Crippen LogP contribution in [-0.2, 0) is 33.3 Å². The van der Waals surface area contributed by atoms with Gasteiger partial charge in [-0.1, -0.05) is 5.22 Å². The Morgan fingerprint density at radius 3 is 2.26 bits per heavy atom. The fourth-order valence-electron chi connectivity index (χ4n) is 2.86. The van der Waals surface area contributed by atoms with E-state index in [1.807, 2.05) is 0 Å². The van der Waals surface area contributed by atoms with Crippen molar-refractivity contribution in [1.82, 2.24) is 14.6 Å². The SMILES string of the molecule is CC(=O)OC[C@H]1O[C@@H](n2cnc(C(N)=O)c2/N=N/N(C)C)[C@H](OC(C)=O)[C@@H]1OC(C)=O. The van der Waals surface area contributed by atoms with E-state index in [0.29, 0.717) is 0 Å². The van der Waals surface area contributed by atoms with Crippen LogP contribution in [0.25, 0.3) is 0 Å². The van der Waals surface area contributed by atoms with E-state index in [9.17, 15) is 19.2 Å². The maximum absolute atomic E-state index is 11.8. The van der Waals surface area contributed by atoms with Crippen LogP contribution < -0.4 is 5.73 Å². The van der Waals surface area contributed by atoms with Gasteiger partial charge in [0.25, 0.3) is 5.91 Å². The Kier molecular flexibility index (Phi) is 7.63. The predicted molar refractivity (Wildman–Crippen MR) is 101 cm³/mol. The summed E-state index contributed by atoms with van der Waals surface area (Å²) in [5.74, 6) is -2.89. The average molecular weight is 440 g/mol. The number of nitrogens with zero attached hydrogens (tertiary/aromatic N) is 5. The molecule has 14 heteroatoms. The number of ether oxygens (including phenoxy) is 4. The molecule has 4 atom stereocenters. The molecule has 2 heterocycles. The van der Waals surface area contributed by atoms with Gasteiger partial charge in [-0.05, 0) is 0 Å². The first-order chi connectivity index (χ1) is 14.5. The molecule has 0 bridgehead atoms. The molecule has 1 saturated heterocycles. The van der Waals surface area contributed by atoms with Crippen LogP contribution >= 0.6 is 0 Å². The summed E-state index contributed by atoms with van der Waals surface area (Å²) < 4.78 is 22.8. The molecule has 31 heavy (non-hydrogen) atoms. The normalized spacial score (nSPS) is 22.9. The summed E-state index contributed by atoms with van der Waals surface area (Å²) in [6.45, 7) is 3.25. The van der Waals surface area contributed by atoms with Gasteiger partial charge in [0, 0.05) is 34.9 Å². The number of amides is 1. The van der Waals surface area contributed by atoms with Gasteiger partial charge >= 0.3 is 17.9 Å². The smallest absolute Gasteiger partial charge is 0.303 e. The number of primary amides is 1. The van der Waals surface area contributed by atoms with Crippen molar-refractivity contribution in [3.8, 4) is 0 Å². The molecule has 0 saturated carbocycles. The Morgan fingerprint density at radius 1 is 1.13 bits per heavy atom. The van der Waals surface area contributed by atoms with Crippen LogP contribution in [0.15, 0.2) is 16.7 Å². The lowest BCUT2D eigenvalue weighted by molar-refractivity contribution is -0.166. The van der Waals surface area contributed by atoms with E-state index in [2.05, 4.69) is 15.3 Å². The van der Waals surface area contributed by atoms with Crippen molar-refractivity contribution in [3.05, 3.63) is 12.0 Å². The number of carbonyl (C=O) groups excluding carboxylic acids is 4. The first-order valence-corrected chi connectivity index (χ1v) is 9.10. The first kappa shape index (κ1) is 23.7. The average Bonchev–Trinajstić information content (AvgIpc) is 3.19. The molecule has 0 unspecified atom stereocenters. The van der Waals surface area contributed by atoms with Gasteiger partial charge < -0.3 is 24.7 Å². The van der Waals surface area contributed by atoms with Crippen molar-refractivity contribution in [2.75, 3.05) is 20.7 Å². The van der Waals surface area contributed by atoms with E-state index in [0.717, 1.165) is 6.92 Å². The maximum Gasteiger partial charge on any atom is 0.303 e. The highest BCUT2D eigenvalue weighted by molar-refractivity contribution is 5.95. The number of nitrogens with two attached hydrogens (primary N) is 1. The third-order valence-corrected chi connectivity index (χ3v) is 3.93. The molecule has 1 aromatic heterocycles. The molecule has 2 rings (SSSR count). The first-order valence-electron chi connectivity index (χ1n) is 9.10. The monoisotopic (exact) mass is 440 g/mol. The van der Waals surface area contributed by atoms with Crippen molar-refractivity contribution in [3.63, 3.8) is 0 Å². The molecule has 1 aliphatic rings. The molecule has 0 radical (unpaired) electrons. The molecule has 14 nitrogen and oxygen atoms in total. The van der Waals surface area contributed by atoms with E-state index in [4.69, 9.17) is 24.7 Å². The van der Waals surface area contributed by atoms with Gasteiger partial charge in [0.15, 0.2) is 29.9 Å². The van der Waals surface area contributed by atoms with Gasteiger partial charge in [0.2, 0.25) is 0 Å². The molecule has 0 aromatic carbocycles. The van der Waals surface area contributed by atoms with E-state index in [-0.39, 0.29) is 18.1 Å². The Morgan fingerprint density at radius 2 is 1.74 bits per heavy atom. The van der Waals surface area contributed by atoms with E-state index in [1.54, 1.807) is 14.1 Å². The highest BCUT2D eigenvalue weighted by Gasteiger charge is 2.51. The number of hydrogen-bond acceptors (Lipinski definition) is 11. The third kappa shape index (κ3) is 5.97. The highest BCUT2D eigenvalue weighted by atomic mass is 16.7. The molecule has 0 spiro atoms. The Hall–Kier alpha value is -3.55.